The van der Waals surface area contributed by atoms with E-state index in [1.807, 2.05) is 0 Å². The molecule has 0 bridgehead atoms. The van der Waals surface area contributed by atoms with Gasteiger partial charge in [0, 0.05) is 0 Å². The van der Waals surface area contributed by atoms with E-state index in [1.54, 1.807) is 46.5 Å². The van der Waals surface area contributed by atoms with Crippen LogP contribution in [0, 0.1) is 11.8 Å². The van der Waals surface area contributed by atoms with Crippen LogP contribution in [0.4, 0.5) is 0 Å². The molecule has 0 heterocycles. The molecule has 10 heavy (non-hydrogen) atoms. The Kier molecular flexibility index (Phi) is 5.43. The van der Waals surface area contributed by atoms with E-state index in [9.17, 15) is 0 Å². The van der Waals surface area contributed by atoms with E-state index in [-0.39, 0.29) is 0 Å². The second-order valence-corrected chi connectivity index (χ2v) is 6.20. The molecule has 0 rings (SSSR count). The van der Waals surface area contributed by atoms with E-state index in [2.05, 4.69) is 27.7 Å². The van der Waals surface area contributed by atoms with Crippen molar-refractivity contribution in [3.8, 4) is 0 Å². The molecule has 0 nitrogen and oxygen atoms in total. The van der Waals surface area contributed by atoms with Gasteiger partial charge in [-0.15, -0.1) is 0 Å². The first kappa shape index (κ1) is 11.1. The van der Waals surface area contributed by atoms with E-state index in [4.69, 9.17) is 0 Å². The van der Waals surface area contributed by atoms with Crippen LogP contribution in [0.15, 0.2) is 0 Å². The second kappa shape index (κ2) is 4.89. The fourth-order valence-corrected chi connectivity index (χ4v) is 2.26. The van der Waals surface area contributed by atoms with Crippen molar-refractivity contribution in [3.63, 3.8) is 0 Å². The van der Waals surface area contributed by atoms with Crippen LogP contribution in [0.25, 0.3) is 0 Å². The first-order valence-corrected chi connectivity index (χ1v) is 6.48. The fraction of sp³-hybridized carbons (Fsp3) is 0.750. The molecule has 0 saturated carbocycles. The Morgan fingerprint density at radius 2 is 1.00 bits per heavy atom. The first-order chi connectivity index (χ1) is 4.46. The van der Waals surface area contributed by atoms with Gasteiger partial charge in [0.05, 0.1) is 0 Å². The van der Waals surface area contributed by atoms with Gasteiger partial charge in [0.2, 0.25) is 0 Å². The predicted octanol–water partition coefficient (Wildman–Crippen LogP) is 1.74. The van der Waals surface area contributed by atoms with Crippen molar-refractivity contribution in [2.45, 2.75) is 27.7 Å². The Labute approximate surface area is 85.6 Å². The Balaban J connectivity index is 4.10. The topological polar surface area (TPSA) is 0 Å². The van der Waals surface area contributed by atoms with Crippen LogP contribution < -0.4 is 0 Å². The molecule has 0 unspecified atom stereocenters. The van der Waals surface area contributed by atoms with Crippen LogP contribution in [0.3, 0.4) is 0 Å². The molecule has 0 aromatic carbocycles. The SMILES string of the molecule is CC(C)[C](=[W])[C](=[W])C(C)C. The average molecular weight is 478 g/mol. The molecule has 0 fully saturated rings. The Bertz CT molecular complexity index is 127. The Morgan fingerprint density at radius 1 is 0.800 bits per heavy atom. The van der Waals surface area contributed by atoms with Crippen LogP contribution in [0.1, 0.15) is 27.7 Å². The van der Waals surface area contributed by atoms with Crippen LogP contribution in [0.5, 0.6) is 0 Å². The third-order valence-electron chi connectivity index (χ3n) is 1.29. The molecule has 0 aliphatic heterocycles. The van der Waals surface area contributed by atoms with E-state index < -0.39 is 0 Å². The van der Waals surface area contributed by atoms with Gasteiger partial charge in [-0.3, -0.25) is 0 Å². The molecule has 0 amide bonds. The van der Waals surface area contributed by atoms with Gasteiger partial charge >= 0.3 is 86.0 Å². The van der Waals surface area contributed by atoms with Crippen molar-refractivity contribution >= 4 is 7.80 Å². The van der Waals surface area contributed by atoms with Gasteiger partial charge in [0.25, 0.3) is 0 Å². The van der Waals surface area contributed by atoms with Crippen molar-refractivity contribution in [2.24, 2.45) is 11.8 Å². The molecule has 0 aromatic heterocycles. The van der Waals surface area contributed by atoms with Crippen molar-refractivity contribution in [2.75, 3.05) is 0 Å². The Hall–Kier alpha value is 1.12. The van der Waals surface area contributed by atoms with Gasteiger partial charge in [-0.25, -0.2) is 0 Å². The summed E-state index contributed by atoms with van der Waals surface area (Å²) < 4.78 is 3.34. The molecular weight excluding hydrogens is 464 g/mol. The van der Waals surface area contributed by atoms with E-state index in [0.29, 0.717) is 0 Å². The summed E-state index contributed by atoms with van der Waals surface area (Å²) in [6, 6.07) is 0. The Morgan fingerprint density at radius 3 is 1.10 bits per heavy atom. The van der Waals surface area contributed by atoms with Crippen LogP contribution in [-0.2, 0) is 38.7 Å². The zero-order valence-electron chi connectivity index (χ0n) is 6.97. The van der Waals surface area contributed by atoms with Crippen LogP contribution >= 0.6 is 0 Å². The number of rotatable bonds is 3. The molecule has 0 radical (unpaired) electrons. The third kappa shape index (κ3) is 3.49. The maximum absolute atomic E-state index is 2.29. The summed E-state index contributed by atoms with van der Waals surface area (Å²) in [5.74, 6) is 1.54. The molecule has 0 atom stereocenters. The van der Waals surface area contributed by atoms with Crippen LogP contribution in [-0.4, -0.2) is 7.80 Å². The summed E-state index contributed by atoms with van der Waals surface area (Å²) >= 11 is 3.31. The van der Waals surface area contributed by atoms with Crippen molar-refractivity contribution < 1.29 is 38.7 Å². The predicted molar refractivity (Wildman–Crippen MR) is 39.7 cm³/mol. The quantitative estimate of drug-likeness (QED) is 0.581. The molecule has 0 aliphatic rings. The second-order valence-electron chi connectivity index (χ2n) is 3.04. The molecule has 0 saturated heterocycles. The molecule has 2 heteroatoms. The van der Waals surface area contributed by atoms with E-state index in [0.717, 1.165) is 11.8 Å². The van der Waals surface area contributed by atoms with E-state index in [1.165, 1.54) is 0 Å². The van der Waals surface area contributed by atoms with Crippen LogP contribution in [0.2, 0.25) is 0 Å². The van der Waals surface area contributed by atoms with Gasteiger partial charge in [-0.05, 0) is 0 Å². The van der Waals surface area contributed by atoms with Gasteiger partial charge < -0.3 is 0 Å². The summed E-state index contributed by atoms with van der Waals surface area (Å²) in [6.45, 7) is 9.14. The van der Waals surface area contributed by atoms with E-state index >= 15 is 0 Å². The third-order valence-corrected chi connectivity index (χ3v) is 8.28. The minimum absolute atomic E-state index is 0.768. The molecule has 0 aliphatic carbocycles. The minimum atomic E-state index is 0.768. The van der Waals surface area contributed by atoms with Gasteiger partial charge in [-0.1, -0.05) is 0 Å². The van der Waals surface area contributed by atoms with Gasteiger partial charge in [0.1, 0.15) is 0 Å². The average Bonchev–Trinajstić information content (AvgIpc) is 1.84. The van der Waals surface area contributed by atoms with Crippen molar-refractivity contribution in [1.29, 1.82) is 0 Å². The zero-order chi connectivity index (χ0) is 8.31. The maximum atomic E-state index is 2.29. The summed E-state index contributed by atoms with van der Waals surface area (Å²) in [6.07, 6.45) is 0. The number of hydrogen-bond donors (Lipinski definition) is 0. The molecule has 58 valence electrons. The molecular formula is C8H14W2. The number of hydrogen-bond acceptors (Lipinski definition) is 0. The first-order valence-electron chi connectivity index (χ1n) is 3.54. The van der Waals surface area contributed by atoms with Crippen molar-refractivity contribution in [1.82, 2.24) is 0 Å². The van der Waals surface area contributed by atoms with Gasteiger partial charge in [-0.2, -0.15) is 0 Å². The molecule has 0 spiro atoms. The monoisotopic (exact) mass is 478 g/mol. The summed E-state index contributed by atoms with van der Waals surface area (Å²) in [5, 5.41) is 0. The summed E-state index contributed by atoms with van der Waals surface area (Å²) in [5.41, 5.74) is 0. The molecule has 0 N–H and O–H groups in total. The standard InChI is InChI=1S/C8H14.2W/c1-7(2)5-6-8(3)4;;/h7-8H,1-4H3;;. The normalized spacial score (nSPS) is 10.6. The summed E-state index contributed by atoms with van der Waals surface area (Å²) in [4.78, 5) is 0. The van der Waals surface area contributed by atoms with Gasteiger partial charge in [0.15, 0.2) is 0 Å². The fourth-order valence-electron chi connectivity index (χ4n) is 0.569. The molecule has 0 aromatic rings. The van der Waals surface area contributed by atoms with Crippen molar-refractivity contribution in [3.05, 3.63) is 0 Å². The summed E-state index contributed by atoms with van der Waals surface area (Å²) in [7, 11) is 0. The zero-order valence-corrected chi connectivity index (χ0v) is 12.8.